The van der Waals surface area contributed by atoms with Crippen molar-refractivity contribution >= 4 is 54.7 Å². The standard InChI is InChI=1S/C22H22N4OS.C16H18N4OS/c1-14(11-13-27)24-21-19-18(16-8-4-3-5-9-16)15(2)28-22(19)26-20(25-21)17-10-6-7-12-23-17;1-11(5-4-9-21)18-14-12-7-10-22-16(12)20-15(19-14)13-6-2-3-8-17-13/h3-10,12,14,27H,11,13H2,1-2H3,(H,24,25,26);2-3,6-8,10-11,21H,4-5,9H2,1H3,(H,18,19,20). The minimum absolute atomic E-state index is 0.0866. The molecule has 0 aliphatic rings. The summed E-state index contributed by atoms with van der Waals surface area (Å²) in [5.41, 5.74) is 3.82. The molecule has 0 bridgehead atoms. The number of nitrogens with one attached hydrogen (secondary N) is 2. The van der Waals surface area contributed by atoms with Crippen LogP contribution in [0.1, 0.15) is 38.0 Å². The van der Waals surface area contributed by atoms with Gasteiger partial charge in [-0.1, -0.05) is 42.5 Å². The number of pyridine rings is 2. The molecule has 0 spiro atoms. The minimum atomic E-state index is 0.0866. The average molecular weight is 705 g/mol. The summed E-state index contributed by atoms with van der Waals surface area (Å²) in [4.78, 5) is 30.7. The van der Waals surface area contributed by atoms with Crippen LogP contribution in [-0.4, -0.2) is 65.4 Å². The van der Waals surface area contributed by atoms with Crippen molar-refractivity contribution in [2.45, 2.75) is 52.1 Å². The second-order valence-corrected chi connectivity index (χ2v) is 14.0. The lowest BCUT2D eigenvalue weighted by atomic mass is 10.0. The lowest BCUT2D eigenvalue weighted by Gasteiger charge is -2.16. The van der Waals surface area contributed by atoms with Gasteiger partial charge in [0, 0.05) is 48.1 Å². The highest BCUT2D eigenvalue weighted by Crippen LogP contribution is 2.41. The van der Waals surface area contributed by atoms with Crippen molar-refractivity contribution < 1.29 is 10.2 Å². The van der Waals surface area contributed by atoms with Gasteiger partial charge in [0.25, 0.3) is 0 Å². The van der Waals surface area contributed by atoms with Gasteiger partial charge in [-0.15, -0.1) is 22.7 Å². The van der Waals surface area contributed by atoms with E-state index >= 15 is 0 Å². The number of hydrogen-bond acceptors (Lipinski definition) is 12. The number of fused-ring (bicyclic) bond motifs is 2. The third-order valence-corrected chi connectivity index (χ3v) is 9.83. The van der Waals surface area contributed by atoms with Crippen LogP contribution in [0.2, 0.25) is 0 Å². The van der Waals surface area contributed by atoms with E-state index in [-0.39, 0.29) is 25.3 Å². The normalized spacial score (nSPS) is 12.3. The Hall–Kier alpha value is -4.88. The highest BCUT2D eigenvalue weighted by molar-refractivity contribution is 7.19. The van der Waals surface area contributed by atoms with Crippen molar-refractivity contribution in [1.82, 2.24) is 29.9 Å². The highest BCUT2D eigenvalue weighted by Gasteiger charge is 2.20. The predicted molar refractivity (Wildman–Crippen MR) is 206 cm³/mol. The fraction of sp³-hybridized carbons (Fsp3) is 0.263. The molecule has 0 aliphatic carbocycles. The predicted octanol–water partition coefficient (Wildman–Crippen LogP) is 8.24. The summed E-state index contributed by atoms with van der Waals surface area (Å²) in [5.74, 6) is 2.85. The van der Waals surface area contributed by atoms with E-state index in [0.29, 0.717) is 18.1 Å². The number of benzene rings is 1. The number of aliphatic hydroxyl groups is 2. The van der Waals surface area contributed by atoms with Crippen LogP contribution in [0.4, 0.5) is 11.6 Å². The summed E-state index contributed by atoms with van der Waals surface area (Å²) in [7, 11) is 0. The van der Waals surface area contributed by atoms with Gasteiger partial charge in [0.1, 0.15) is 32.7 Å². The van der Waals surface area contributed by atoms with Crippen molar-refractivity contribution in [2.75, 3.05) is 23.8 Å². The third kappa shape index (κ3) is 8.28. The monoisotopic (exact) mass is 704 g/mol. The largest absolute Gasteiger partial charge is 0.396 e. The number of aromatic nitrogens is 6. The summed E-state index contributed by atoms with van der Waals surface area (Å²) in [5, 5.41) is 29.3. The van der Waals surface area contributed by atoms with Gasteiger partial charge in [-0.3, -0.25) is 9.97 Å². The zero-order valence-electron chi connectivity index (χ0n) is 28.2. The Bertz CT molecular complexity index is 2130. The molecule has 0 fully saturated rings. The third-order valence-electron chi connectivity index (χ3n) is 8.03. The molecule has 2 unspecified atom stereocenters. The molecule has 50 heavy (non-hydrogen) atoms. The summed E-state index contributed by atoms with van der Waals surface area (Å²) >= 11 is 3.27. The molecule has 12 heteroatoms. The van der Waals surface area contributed by atoms with Gasteiger partial charge in [-0.2, -0.15) is 0 Å². The van der Waals surface area contributed by atoms with Gasteiger partial charge in [-0.05, 0) is 81.3 Å². The SMILES string of the molecule is CC(CCCO)Nc1nc(-c2ccccn2)nc2sccc12.Cc1sc2nc(-c3ccccn3)nc(NC(C)CCO)c2c1-c1ccccc1. The summed E-state index contributed by atoms with van der Waals surface area (Å²) in [6, 6.07) is 24.1. The molecule has 2 atom stereocenters. The van der Waals surface area contributed by atoms with Crippen molar-refractivity contribution in [2.24, 2.45) is 0 Å². The molecule has 256 valence electrons. The Morgan fingerprint density at radius 2 is 1.30 bits per heavy atom. The van der Waals surface area contributed by atoms with Crippen LogP contribution in [0.5, 0.6) is 0 Å². The van der Waals surface area contributed by atoms with E-state index in [0.717, 1.165) is 67.4 Å². The second-order valence-electron chi connectivity index (χ2n) is 11.9. The van der Waals surface area contributed by atoms with Crippen LogP contribution < -0.4 is 10.6 Å². The first-order valence-electron chi connectivity index (χ1n) is 16.6. The van der Waals surface area contributed by atoms with Crippen molar-refractivity contribution in [3.63, 3.8) is 0 Å². The van der Waals surface area contributed by atoms with E-state index in [2.05, 4.69) is 56.5 Å². The lowest BCUT2D eigenvalue weighted by molar-refractivity contribution is 0.281. The molecule has 6 heterocycles. The first-order chi connectivity index (χ1) is 24.4. The zero-order chi connectivity index (χ0) is 34.9. The van der Waals surface area contributed by atoms with Gasteiger partial charge in [0.15, 0.2) is 11.6 Å². The average Bonchev–Trinajstić information content (AvgIpc) is 3.76. The summed E-state index contributed by atoms with van der Waals surface area (Å²) in [6.07, 6.45) is 5.81. The van der Waals surface area contributed by atoms with E-state index < -0.39 is 0 Å². The zero-order valence-corrected chi connectivity index (χ0v) is 29.9. The molecular weight excluding hydrogens is 665 g/mol. The van der Waals surface area contributed by atoms with Crippen molar-refractivity contribution in [3.8, 4) is 34.2 Å². The van der Waals surface area contributed by atoms with Crippen LogP contribution in [0, 0.1) is 6.92 Å². The smallest absolute Gasteiger partial charge is 0.181 e. The Kier molecular flexibility index (Phi) is 11.7. The molecule has 0 saturated heterocycles. The Balaban J connectivity index is 0.000000178. The highest BCUT2D eigenvalue weighted by atomic mass is 32.1. The molecule has 10 nitrogen and oxygen atoms in total. The van der Waals surface area contributed by atoms with Crippen LogP contribution in [0.15, 0.2) is 90.6 Å². The van der Waals surface area contributed by atoms with Crippen LogP contribution in [0.3, 0.4) is 0 Å². The Labute approximate surface area is 299 Å². The number of aliphatic hydroxyl groups excluding tert-OH is 2. The fourth-order valence-electron chi connectivity index (χ4n) is 5.56. The lowest BCUT2D eigenvalue weighted by Crippen LogP contribution is -2.18. The Morgan fingerprint density at radius 3 is 1.94 bits per heavy atom. The summed E-state index contributed by atoms with van der Waals surface area (Å²) in [6.45, 7) is 6.60. The second kappa shape index (κ2) is 16.7. The van der Waals surface area contributed by atoms with E-state index in [1.165, 1.54) is 4.88 Å². The topological polar surface area (TPSA) is 142 Å². The summed E-state index contributed by atoms with van der Waals surface area (Å²) < 4.78 is 0. The molecule has 0 aliphatic heterocycles. The van der Waals surface area contributed by atoms with Gasteiger partial charge >= 0.3 is 0 Å². The molecular formula is C38H40N8O2S2. The number of rotatable bonds is 12. The molecule has 7 aromatic rings. The van der Waals surface area contributed by atoms with Crippen molar-refractivity contribution in [1.29, 1.82) is 0 Å². The van der Waals surface area contributed by atoms with Crippen LogP contribution in [-0.2, 0) is 0 Å². The van der Waals surface area contributed by atoms with Gasteiger partial charge in [0.05, 0.1) is 10.8 Å². The molecule has 0 saturated carbocycles. The number of thiophene rings is 2. The fourth-order valence-corrected chi connectivity index (χ4v) is 7.36. The quantitative estimate of drug-likeness (QED) is 0.0983. The number of hydrogen-bond donors (Lipinski definition) is 4. The van der Waals surface area contributed by atoms with E-state index in [4.69, 9.17) is 15.1 Å². The van der Waals surface area contributed by atoms with Crippen LogP contribution in [0.25, 0.3) is 54.6 Å². The molecule has 0 amide bonds. The van der Waals surface area contributed by atoms with E-state index in [9.17, 15) is 5.11 Å². The van der Waals surface area contributed by atoms with Gasteiger partial charge in [0.2, 0.25) is 0 Å². The maximum Gasteiger partial charge on any atom is 0.181 e. The molecule has 1 aromatic carbocycles. The number of anilines is 2. The number of aryl methyl sites for hydroxylation is 1. The first-order valence-corrected chi connectivity index (χ1v) is 18.3. The minimum Gasteiger partial charge on any atom is -0.396 e. The van der Waals surface area contributed by atoms with E-state index in [1.807, 2.05) is 73.0 Å². The Morgan fingerprint density at radius 1 is 0.680 bits per heavy atom. The maximum atomic E-state index is 9.32. The molecule has 0 radical (unpaired) electrons. The molecule has 7 rings (SSSR count). The van der Waals surface area contributed by atoms with Crippen molar-refractivity contribution in [3.05, 3.63) is 95.4 Å². The number of nitrogens with zero attached hydrogens (tertiary/aromatic N) is 6. The maximum absolute atomic E-state index is 9.32. The molecule has 6 aromatic heterocycles. The first kappa shape index (κ1) is 35.0. The van der Waals surface area contributed by atoms with Gasteiger partial charge in [-0.25, -0.2) is 19.9 Å². The molecule has 4 N–H and O–H groups in total. The van der Waals surface area contributed by atoms with E-state index in [1.54, 1.807) is 35.1 Å². The van der Waals surface area contributed by atoms with Gasteiger partial charge < -0.3 is 20.8 Å². The van der Waals surface area contributed by atoms with Crippen LogP contribution >= 0.6 is 22.7 Å².